The van der Waals surface area contributed by atoms with Gasteiger partial charge in [-0.15, -0.1) is 0 Å². The fraction of sp³-hybridized carbons (Fsp3) is 0.571. The summed E-state index contributed by atoms with van der Waals surface area (Å²) >= 11 is 0. The zero-order valence-corrected chi connectivity index (χ0v) is 16.6. The first-order valence-corrected chi connectivity index (χ1v) is 10.2. The van der Waals surface area contributed by atoms with Gasteiger partial charge in [-0.2, -0.15) is 4.98 Å². The molecule has 7 heteroatoms. The maximum atomic E-state index is 13.0. The van der Waals surface area contributed by atoms with Crippen LogP contribution < -0.4 is 0 Å². The van der Waals surface area contributed by atoms with Gasteiger partial charge >= 0.3 is 6.03 Å². The summed E-state index contributed by atoms with van der Waals surface area (Å²) in [5.41, 5.74) is 0.884. The van der Waals surface area contributed by atoms with Crippen LogP contribution >= 0.6 is 0 Å². The van der Waals surface area contributed by atoms with Crippen molar-refractivity contribution in [1.29, 1.82) is 0 Å². The second-order valence-electron chi connectivity index (χ2n) is 7.68. The van der Waals surface area contributed by atoms with Crippen LogP contribution in [-0.2, 0) is 4.74 Å². The van der Waals surface area contributed by atoms with E-state index in [1.165, 1.54) is 0 Å². The lowest BCUT2D eigenvalue weighted by atomic mass is 9.72. The first-order chi connectivity index (χ1) is 13.7. The maximum Gasteiger partial charge on any atom is 0.320 e. The number of amides is 2. The molecule has 1 unspecified atom stereocenters. The van der Waals surface area contributed by atoms with Gasteiger partial charge in [0.05, 0.1) is 5.92 Å². The largest absolute Gasteiger partial charge is 0.381 e. The minimum absolute atomic E-state index is 0.0425. The summed E-state index contributed by atoms with van der Waals surface area (Å²) in [6.45, 7) is 8.22. The number of nitrogens with zero attached hydrogens (tertiary/aromatic N) is 4. The van der Waals surface area contributed by atoms with Gasteiger partial charge in [0.15, 0.2) is 0 Å². The summed E-state index contributed by atoms with van der Waals surface area (Å²) in [7, 11) is 0. The fourth-order valence-electron chi connectivity index (χ4n) is 4.51. The molecule has 3 heterocycles. The summed E-state index contributed by atoms with van der Waals surface area (Å²) in [6, 6.07) is 9.94. The lowest BCUT2D eigenvalue weighted by molar-refractivity contribution is 0.00896. The number of aromatic nitrogens is 2. The first kappa shape index (κ1) is 18.9. The van der Waals surface area contributed by atoms with Crippen LogP contribution in [0.25, 0.3) is 11.4 Å². The molecule has 0 N–H and O–H groups in total. The van der Waals surface area contributed by atoms with E-state index >= 15 is 0 Å². The monoisotopic (exact) mass is 384 g/mol. The number of hydrogen-bond acceptors (Lipinski definition) is 5. The first-order valence-electron chi connectivity index (χ1n) is 10.2. The highest BCUT2D eigenvalue weighted by Gasteiger charge is 2.52. The Morgan fingerprint density at radius 1 is 1.21 bits per heavy atom. The molecule has 28 heavy (non-hydrogen) atoms. The van der Waals surface area contributed by atoms with Crippen molar-refractivity contribution >= 4 is 6.03 Å². The third kappa shape index (κ3) is 3.39. The zero-order chi connectivity index (χ0) is 19.6. The number of hydrogen-bond donors (Lipinski definition) is 0. The number of rotatable bonds is 4. The predicted molar refractivity (Wildman–Crippen MR) is 105 cm³/mol. The second-order valence-corrected chi connectivity index (χ2v) is 7.68. The van der Waals surface area contributed by atoms with Crippen LogP contribution in [0.15, 0.2) is 34.9 Å². The van der Waals surface area contributed by atoms with Crippen LogP contribution in [0.1, 0.15) is 38.5 Å². The van der Waals surface area contributed by atoms with Gasteiger partial charge < -0.3 is 19.1 Å². The molecule has 0 aliphatic carbocycles. The van der Waals surface area contributed by atoms with Crippen molar-refractivity contribution in [1.82, 2.24) is 19.9 Å². The Labute approximate surface area is 165 Å². The van der Waals surface area contributed by atoms with Crippen molar-refractivity contribution in [2.24, 2.45) is 5.41 Å². The summed E-state index contributed by atoms with van der Waals surface area (Å²) in [5, 5.41) is 4.22. The van der Waals surface area contributed by atoms with Crippen molar-refractivity contribution in [2.45, 2.75) is 32.6 Å². The van der Waals surface area contributed by atoms with E-state index in [2.05, 4.69) is 5.16 Å². The van der Waals surface area contributed by atoms with Gasteiger partial charge in [0.25, 0.3) is 0 Å². The van der Waals surface area contributed by atoms with Gasteiger partial charge in [-0.05, 0) is 26.7 Å². The smallest absolute Gasteiger partial charge is 0.320 e. The van der Waals surface area contributed by atoms with Gasteiger partial charge in [-0.3, -0.25) is 0 Å². The molecule has 1 aromatic heterocycles. The van der Waals surface area contributed by atoms with Gasteiger partial charge in [0.2, 0.25) is 11.7 Å². The van der Waals surface area contributed by atoms with Crippen molar-refractivity contribution in [2.75, 3.05) is 39.4 Å². The molecule has 1 aromatic carbocycles. The van der Waals surface area contributed by atoms with Crippen LogP contribution in [0.4, 0.5) is 4.79 Å². The number of benzene rings is 1. The lowest BCUT2D eigenvalue weighted by Gasteiger charge is -2.36. The maximum absolute atomic E-state index is 13.0. The topological polar surface area (TPSA) is 71.7 Å². The molecule has 2 aliphatic heterocycles. The molecule has 2 amide bonds. The van der Waals surface area contributed by atoms with Crippen molar-refractivity contribution in [3.63, 3.8) is 0 Å². The highest BCUT2D eigenvalue weighted by atomic mass is 16.5. The summed E-state index contributed by atoms with van der Waals surface area (Å²) < 4.78 is 11.3. The Balaban J connectivity index is 1.62. The normalized spacial score (nSPS) is 21.2. The highest BCUT2D eigenvalue weighted by Crippen LogP contribution is 2.49. The molecule has 0 bridgehead atoms. The van der Waals surface area contributed by atoms with Crippen LogP contribution in [0.3, 0.4) is 0 Å². The van der Waals surface area contributed by atoms with Crippen LogP contribution in [0.2, 0.25) is 0 Å². The number of carbonyl (C=O) groups excluding carboxylic acids is 1. The van der Waals surface area contributed by atoms with E-state index in [9.17, 15) is 4.79 Å². The van der Waals surface area contributed by atoms with Gasteiger partial charge in [-0.1, -0.05) is 35.5 Å². The molecule has 2 aliphatic rings. The Bertz CT molecular complexity index is 797. The van der Waals surface area contributed by atoms with E-state index in [1.807, 2.05) is 54.0 Å². The second kappa shape index (κ2) is 7.91. The van der Waals surface area contributed by atoms with E-state index in [-0.39, 0.29) is 17.4 Å². The number of ether oxygens (including phenoxy) is 1. The Hall–Kier alpha value is -2.41. The molecular weight excluding hydrogens is 356 g/mol. The van der Waals surface area contributed by atoms with E-state index in [1.54, 1.807) is 0 Å². The predicted octanol–water partition coefficient (Wildman–Crippen LogP) is 3.39. The third-order valence-corrected chi connectivity index (χ3v) is 6.21. The number of urea groups is 1. The van der Waals surface area contributed by atoms with Crippen molar-refractivity contribution in [3.8, 4) is 11.4 Å². The van der Waals surface area contributed by atoms with Crippen LogP contribution in [0.5, 0.6) is 0 Å². The standard InChI is InChI=1S/C21H28N4O3/c1-3-24(4-2)20(26)25-14-17(21(15-25)10-12-27-13-11-21)19-22-18(23-28-19)16-8-6-5-7-9-16/h5-9,17H,3-4,10-15H2,1-2H3. The molecule has 0 saturated carbocycles. The lowest BCUT2D eigenvalue weighted by Crippen LogP contribution is -2.43. The molecule has 2 aromatic rings. The van der Waals surface area contributed by atoms with E-state index < -0.39 is 0 Å². The highest BCUT2D eigenvalue weighted by molar-refractivity contribution is 5.75. The third-order valence-electron chi connectivity index (χ3n) is 6.21. The zero-order valence-electron chi connectivity index (χ0n) is 16.6. The van der Waals surface area contributed by atoms with Crippen LogP contribution in [0, 0.1) is 5.41 Å². The van der Waals surface area contributed by atoms with Gasteiger partial charge in [0.1, 0.15) is 0 Å². The summed E-state index contributed by atoms with van der Waals surface area (Å²) in [6.07, 6.45) is 1.81. The average molecular weight is 384 g/mol. The van der Waals surface area contributed by atoms with Crippen molar-refractivity contribution < 1.29 is 14.1 Å². The Kier molecular flexibility index (Phi) is 5.35. The minimum Gasteiger partial charge on any atom is -0.381 e. The summed E-state index contributed by atoms with van der Waals surface area (Å²) in [5.74, 6) is 1.28. The molecule has 7 nitrogen and oxygen atoms in total. The molecule has 2 fully saturated rings. The van der Waals surface area contributed by atoms with E-state index in [0.29, 0.717) is 44.6 Å². The Morgan fingerprint density at radius 3 is 2.61 bits per heavy atom. The van der Waals surface area contributed by atoms with Crippen LogP contribution in [-0.4, -0.2) is 65.4 Å². The minimum atomic E-state index is -0.0540. The van der Waals surface area contributed by atoms with Crippen molar-refractivity contribution in [3.05, 3.63) is 36.2 Å². The molecule has 150 valence electrons. The summed E-state index contributed by atoms with van der Waals surface area (Å²) in [4.78, 5) is 21.6. The Morgan fingerprint density at radius 2 is 1.93 bits per heavy atom. The molecule has 2 saturated heterocycles. The molecular formula is C21H28N4O3. The molecule has 1 atom stereocenters. The number of carbonyl (C=O) groups is 1. The van der Waals surface area contributed by atoms with E-state index in [4.69, 9.17) is 14.2 Å². The average Bonchev–Trinajstić information content (AvgIpc) is 3.35. The number of likely N-dealkylation sites (tertiary alicyclic amines) is 1. The van der Waals surface area contributed by atoms with Gasteiger partial charge in [0, 0.05) is 50.4 Å². The fourth-order valence-corrected chi connectivity index (χ4v) is 4.51. The molecule has 1 spiro atoms. The SMILES string of the molecule is CCN(CC)C(=O)N1CC(c2nc(-c3ccccc3)no2)C2(CCOCC2)C1. The molecule has 0 radical (unpaired) electrons. The van der Waals surface area contributed by atoms with E-state index in [0.717, 1.165) is 24.9 Å². The van der Waals surface area contributed by atoms with Gasteiger partial charge in [-0.25, -0.2) is 4.79 Å². The quantitative estimate of drug-likeness (QED) is 0.808. The molecule has 4 rings (SSSR count).